The number of allylic oxidation sites excluding steroid dienone is 4. The van der Waals surface area contributed by atoms with Crippen LogP contribution < -0.4 is 9.47 Å². The molecule has 4 bridgehead atoms. The largest absolute Gasteiger partial charge is 0.506 e. The lowest BCUT2D eigenvalue weighted by molar-refractivity contribution is -0.183. The van der Waals surface area contributed by atoms with Crippen molar-refractivity contribution in [3.05, 3.63) is 63.3 Å². The maximum absolute atomic E-state index is 15.2. The molecular weight excluding hydrogens is 670 g/mol. The second kappa shape index (κ2) is 12.2. The number of aromatic hydroxyl groups is 1. The zero-order valence-corrected chi connectivity index (χ0v) is 32.5. The summed E-state index contributed by atoms with van der Waals surface area (Å²) in [6.07, 6.45) is 12.3. The summed E-state index contributed by atoms with van der Waals surface area (Å²) in [5.74, 6) is -2.35. The molecule has 0 radical (unpaired) electrons. The number of methoxy groups -OCH3 is 1. The second-order valence-corrected chi connectivity index (χ2v) is 16.9. The van der Waals surface area contributed by atoms with Crippen LogP contribution in [0, 0.1) is 40.4 Å². The molecular formula is C43H51N3O7. The third-order valence-corrected chi connectivity index (χ3v) is 12.6. The fraction of sp³-hybridized carbons (Fsp3) is 0.535. The average molecular weight is 722 g/mol. The van der Waals surface area contributed by atoms with Crippen LogP contribution in [0.5, 0.6) is 17.2 Å². The number of amidine groups is 1. The molecule has 10 heteroatoms. The zero-order chi connectivity index (χ0) is 38.6. The molecule has 3 aliphatic carbocycles. The number of phenolic OH excluding ortho intramolecular Hbond substituents is 1. The number of nitriles is 1. The molecule has 7 aliphatic rings. The van der Waals surface area contributed by atoms with Gasteiger partial charge in [0.1, 0.15) is 34.6 Å². The Morgan fingerprint density at radius 1 is 1.11 bits per heavy atom. The van der Waals surface area contributed by atoms with Crippen LogP contribution in [0.3, 0.4) is 0 Å². The molecule has 4 fully saturated rings. The van der Waals surface area contributed by atoms with Crippen molar-refractivity contribution < 1.29 is 33.6 Å². The molecule has 7 unspecified atom stereocenters. The molecule has 4 aliphatic heterocycles. The van der Waals surface area contributed by atoms with Crippen LogP contribution in [0.4, 0.5) is 0 Å². The maximum Gasteiger partial charge on any atom is 0.333 e. The number of carbonyl (C=O) groups excluding carboxylic acids is 2. The van der Waals surface area contributed by atoms with E-state index in [0.29, 0.717) is 58.7 Å². The first-order valence-electron chi connectivity index (χ1n) is 18.6. The third kappa shape index (κ3) is 4.95. The Balaban J connectivity index is 1.56. The van der Waals surface area contributed by atoms with Crippen LogP contribution in [0.1, 0.15) is 97.8 Å². The monoisotopic (exact) mass is 721 g/mol. The highest BCUT2D eigenvalue weighted by molar-refractivity contribution is 6.06. The number of esters is 1. The summed E-state index contributed by atoms with van der Waals surface area (Å²) < 4.78 is 26.5. The summed E-state index contributed by atoms with van der Waals surface area (Å²) in [4.78, 5) is 29.5. The van der Waals surface area contributed by atoms with Crippen molar-refractivity contribution in [2.75, 3.05) is 14.2 Å². The van der Waals surface area contributed by atoms with Gasteiger partial charge in [-0.1, -0.05) is 29.4 Å². The smallest absolute Gasteiger partial charge is 0.333 e. The van der Waals surface area contributed by atoms with E-state index in [0.717, 1.165) is 17.6 Å². The summed E-state index contributed by atoms with van der Waals surface area (Å²) >= 11 is 0. The number of ether oxygens (including phenoxy) is 4. The third-order valence-electron chi connectivity index (χ3n) is 12.6. The van der Waals surface area contributed by atoms with Gasteiger partial charge in [-0.25, -0.2) is 4.79 Å². The van der Waals surface area contributed by atoms with E-state index in [9.17, 15) is 20.6 Å². The van der Waals surface area contributed by atoms with Gasteiger partial charge in [0.15, 0.2) is 17.0 Å². The highest BCUT2D eigenvalue weighted by Gasteiger charge is 2.84. The molecule has 7 atom stereocenters. The lowest BCUT2D eigenvalue weighted by Gasteiger charge is -2.64. The van der Waals surface area contributed by atoms with Crippen molar-refractivity contribution >= 4 is 29.4 Å². The van der Waals surface area contributed by atoms with Gasteiger partial charge in [-0.2, -0.15) is 5.26 Å². The Morgan fingerprint density at radius 2 is 1.81 bits per heavy atom. The number of ketones is 1. The van der Waals surface area contributed by atoms with E-state index in [4.69, 9.17) is 18.9 Å². The number of phenols is 1. The van der Waals surface area contributed by atoms with Gasteiger partial charge in [-0.15, -0.1) is 0 Å². The number of rotatable bonds is 8. The lowest BCUT2D eigenvalue weighted by Crippen LogP contribution is -2.76. The second-order valence-electron chi connectivity index (χ2n) is 16.9. The van der Waals surface area contributed by atoms with E-state index >= 15 is 4.79 Å². The SMILES string of the molecule is COC(=O)C(C)=CCC12OC(C)(C)C3CC(C1=O)C1C4=C(c5c(O)c6c(c(CC=C(C)C)c5OC432)OC(C)(CCC=C(C)C)C=C6)N(C)C(=N)C1C#N. The van der Waals surface area contributed by atoms with Crippen LogP contribution in [0.25, 0.3) is 11.8 Å². The molecule has 10 nitrogen and oxygen atoms in total. The van der Waals surface area contributed by atoms with Crippen LogP contribution in [0.15, 0.2) is 46.6 Å². The molecule has 1 aromatic carbocycles. The molecule has 8 rings (SSSR count). The first-order valence-corrected chi connectivity index (χ1v) is 18.6. The number of nitrogens with zero attached hydrogens (tertiary/aromatic N) is 2. The Labute approximate surface area is 312 Å². The van der Waals surface area contributed by atoms with Crippen molar-refractivity contribution in [1.29, 1.82) is 10.7 Å². The molecule has 53 heavy (non-hydrogen) atoms. The Bertz CT molecular complexity index is 2050. The van der Waals surface area contributed by atoms with Gasteiger partial charge in [0.25, 0.3) is 0 Å². The lowest BCUT2D eigenvalue weighted by atomic mass is 9.44. The first kappa shape index (κ1) is 36.7. The van der Waals surface area contributed by atoms with Gasteiger partial charge >= 0.3 is 5.97 Å². The minimum atomic E-state index is -1.58. The first-order chi connectivity index (χ1) is 24.9. The van der Waals surface area contributed by atoms with E-state index < -0.39 is 46.1 Å². The quantitative estimate of drug-likeness (QED) is 0.158. The van der Waals surface area contributed by atoms with Crippen molar-refractivity contribution in [2.24, 2.45) is 23.7 Å². The van der Waals surface area contributed by atoms with Crippen molar-refractivity contribution in [3.63, 3.8) is 0 Å². The predicted molar refractivity (Wildman–Crippen MR) is 201 cm³/mol. The molecule has 2 N–H and O–H groups in total. The minimum Gasteiger partial charge on any atom is -0.506 e. The van der Waals surface area contributed by atoms with E-state index in [-0.39, 0.29) is 29.7 Å². The molecule has 1 saturated heterocycles. The van der Waals surface area contributed by atoms with Gasteiger partial charge in [0.05, 0.1) is 35.6 Å². The normalized spacial score (nSPS) is 32.5. The topological polar surface area (TPSA) is 142 Å². The Kier molecular flexibility index (Phi) is 8.46. The number of fused-ring (bicyclic) bond motifs is 3. The van der Waals surface area contributed by atoms with Gasteiger partial charge in [-0.3, -0.25) is 10.2 Å². The molecule has 0 aromatic heterocycles. The summed E-state index contributed by atoms with van der Waals surface area (Å²) in [6.45, 7) is 15.8. The van der Waals surface area contributed by atoms with Crippen molar-refractivity contribution in [1.82, 2.24) is 4.90 Å². The molecule has 4 heterocycles. The Morgan fingerprint density at radius 3 is 2.45 bits per heavy atom. The fourth-order valence-corrected chi connectivity index (χ4v) is 10.1. The number of hydrogen-bond donors (Lipinski definition) is 2. The number of Topliss-reactive ketones (excluding diaryl/α,β-unsaturated/α-hetero) is 1. The van der Waals surface area contributed by atoms with E-state index in [2.05, 4.69) is 32.1 Å². The van der Waals surface area contributed by atoms with Gasteiger partial charge in [0.2, 0.25) is 0 Å². The molecule has 0 amide bonds. The van der Waals surface area contributed by atoms with Crippen LogP contribution in [-0.2, 0) is 25.5 Å². The van der Waals surface area contributed by atoms with Gasteiger partial charge < -0.3 is 29.0 Å². The van der Waals surface area contributed by atoms with Crippen molar-refractivity contribution in [2.45, 2.75) is 110 Å². The van der Waals surface area contributed by atoms with Crippen LogP contribution in [0.2, 0.25) is 0 Å². The summed E-state index contributed by atoms with van der Waals surface area (Å²) in [5, 5.41) is 32.4. The molecule has 3 saturated carbocycles. The molecule has 1 aromatic rings. The van der Waals surface area contributed by atoms with Crippen LogP contribution in [-0.4, -0.2) is 64.2 Å². The number of nitrogens with one attached hydrogen (secondary N) is 1. The summed E-state index contributed by atoms with van der Waals surface area (Å²) in [7, 11) is 3.07. The standard InChI is InChI=1S/C43H51N3O7/c1-22(2)12-11-17-41(8)18-16-25-34(47)31-33-32-30(28(21-44)38(45)46(33)9)27-20-29-40(6,7)53-42(37(27)48,19-15-24(5)39(49)50-10)43(29,32)52-36(31)26(35(25)51-41)14-13-23(3)4/h12-13,15-16,18,27-30,45,47H,11,14,17,19-20H2,1-10H3. The number of benzene rings is 1. The average Bonchev–Trinajstić information content (AvgIpc) is 3.24. The summed E-state index contributed by atoms with van der Waals surface area (Å²) in [6, 6.07) is 2.37. The minimum absolute atomic E-state index is 0.0301. The fourth-order valence-electron chi connectivity index (χ4n) is 10.1. The van der Waals surface area contributed by atoms with Crippen molar-refractivity contribution in [3.8, 4) is 23.3 Å². The van der Waals surface area contributed by atoms with Gasteiger partial charge in [-0.05, 0) is 93.2 Å². The molecule has 280 valence electrons. The maximum atomic E-state index is 15.2. The van der Waals surface area contributed by atoms with Crippen LogP contribution >= 0.6 is 0 Å². The zero-order valence-electron chi connectivity index (χ0n) is 32.5. The van der Waals surface area contributed by atoms with E-state index in [1.54, 1.807) is 24.9 Å². The van der Waals surface area contributed by atoms with Gasteiger partial charge in [0, 0.05) is 47.9 Å². The Hall–Kier alpha value is -4.62. The summed E-state index contributed by atoms with van der Waals surface area (Å²) in [5.41, 5.74) is 1.05. The number of carbonyl (C=O) groups is 2. The highest BCUT2D eigenvalue weighted by Crippen LogP contribution is 2.74. The van der Waals surface area contributed by atoms with E-state index in [1.165, 1.54) is 12.7 Å². The van der Waals surface area contributed by atoms with E-state index in [1.807, 2.05) is 46.8 Å². The molecule has 1 spiro atoms. The highest BCUT2D eigenvalue weighted by atomic mass is 16.6. The predicted octanol–water partition coefficient (Wildman–Crippen LogP) is 7.61. The number of hydrogen-bond acceptors (Lipinski definition) is 9.